The highest BCUT2D eigenvalue weighted by atomic mass is 32.1. The molecule has 0 saturated carbocycles. The van der Waals surface area contributed by atoms with Gasteiger partial charge in [0.1, 0.15) is 10.8 Å². The lowest BCUT2D eigenvalue weighted by atomic mass is 10.0. The predicted molar refractivity (Wildman–Crippen MR) is 136 cm³/mol. The van der Waals surface area contributed by atoms with Crippen LogP contribution in [0.1, 0.15) is 68.2 Å². The summed E-state index contributed by atoms with van der Waals surface area (Å²) in [5.41, 5.74) is 4.64. The Morgan fingerprint density at radius 1 is 0.968 bits per heavy atom. The molecule has 0 aliphatic carbocycles. The summed E-state index contributed by atoms with van der Waals surface area (Å²) in [7, 11) is 0. The van der Waals surface area contributed by atoms with Gasteiger partial charge < -0.3 is 4.74 Å². The Morgan fingerprint density at radius 3 is 2.26 bits per heavy atom. The van der Waals surface area contributed by atoms with Gasteiger partial charge in [-0.05, 0) is 80.1 Å². The van der Waals surface area contributed by atoms with Gasteiger partial charge in [0, 0.05) is 13.1 Å². The van der Waals surface area contributed by atoms with Gasteiger partial charge in [-0.1, -0.05) is 45.4 Å². The average Bonchev–Trinajstić information content (AvgIpc) is 3.17. The van der Waals surface area contributed by atoms with Gasteiger partial charge in [-0.2, -0.15) is 0 Å². The zero-order valence-corrected chi connectivity index (χ0v) is 20.5. The second-order valence-electron chi connectivity index (χ2n) is 8.23. The molecule has 1 unspecified atom stereocenters. The van der Waals surface area contributed by atoms with Crippen molar-refractivity contribution in [2.45, 2.75) is 66.5 Å². The number of thiazole rings is 1. The van der Waals surface area contributed by atoms with Crippen molar-refractivity contribution in [3.05, 3.63) is 58.1 Å². The third-order valence-electron chi connectivity index (χ3n) is 5.43. The SMILES string of the molecule is CCCC(Oc1c(C)cc(/C=C/c2nc3ccccc3s2)cc1C)N(CCC)CCC. The number of aromatic nitrogens is 1. The average molecular weight is 437 g/mol. The Balaban J connectivity index is 1.79. The van der Waals surface area contributed by atoms with Crippen molar-refractivity contribution in [1.29, 1.82) is 0 Å². The van der Waals surface area contributed by atoms with Crippen molar-refractivity contribution < 1.29 is 4.74 Å². The lowest BCUT2D eigenvalue weighted by Crippen LogP contribution is -2.40. The summed E-state index contributed by atoms with van der Waals surface area (Å²) >= 11 is 1.73. The molecule has 2 aromatic carbocycles. The van der Waals surface area contributed by atoms with E-state index in [4.69, 9.17) is 9.72 Å². The molecule has 0 aliphatic rings. The number of hydrogen-bond donors (Lipinski definition) is 0. The van der Waals surface area contributed by atoms with Crippen molar-refractivity contribution in [3.63, 3.8) is 0 Å². The number of para-hydroxylation sites is 1. The van der Waals surface area contributed by atoms with Crippen LogP contribution in [0.2, 0.25) is 0 Å². The first-order chi connectivity index (χ1) is 15.0. The fourth-order valence-electron chi connectivity index (χ4n) is 4.07. The highest BCUT2D eigenvalue weighted by Crippen LogP contribution is 2.29. The van der Waals surface area contributed by atoms with Gasteiger partial charge in [0.05, 0.1) is 10.2 Å². The van der Waals surface area contributed by atoms with E-state index in [1.165, 1.54) is 21.4 Å². The maximum Gasteiger partial charge on any atom is 0.152 e. The van der Waals surface area contributed by atoms with Gasteiger partial charge in [0.2, 0.25) is 0 Å². The molecule has 0 amide bonds. The van der Waals surface area contributed by atoms with Crippen LogP contribution < -0.4 is 4.74 Å². The van der Waals surface area contributed by atoms with Crippen molar-refractivity contribution in [3.8, 4) is 5.75 Å². The molecule has 4 heteroatoms. The number of benzene rings is 2. The molecule has 0 N–H and O–H groups in total. The summed E-state index contributed by atoms with van der Waals surface area (Å²) in [6.45, 7) is 13.2. The van der Waals surface area contributed by atoms with Crippen LogP contribution in [0.3, 0.4) is 0 Å². The highest BCUT2D eigenvalue weighted by Gasteiger charge is 2.20. The summed E-state index contributed by atoms with van der Waals surface area (Å²) in [5.74, 6) is 1.03. The summed E-state index contributed by atoms with van der Waals surface area (Å²) in [5, 5.41) is 1.04. The van der Waals surface area contributed by atoms with Crippen molar-refractivity contribution in [1.82, 2.24) is 9.88 Å². The van der Waals surface area contributed by atoms with Gasteiger partial charge in [0.25, 0.3) is 0 Å². The maximum atomic E-state index is 6.63. The smallest absolute Gasteiger partial charge is 0.152 e. The number of ether oxygens (including phenoxy) is 1. The Bertz CT molecular complexity index is 945. The van der Waals surface area contributed by atoms with Crippen LogP contribution in [0.5, 0.6) is 5.75 Å². The van der Waals surface area contributed by atoms with Gasteiger partial charge in [0.15, 0.2) is 6.23 Å². The Labute approximate surface area is 191 Å². The first kappa shape index (κ1) is 23.5. The number of rotatable bonds is 11. The molecule has 0 radical (unpaired) electrons. The maximum absolute atomic E-state index is 6.63. The minimum atomic E-state index is 0.145. The molecular weight excluding hydrogens is 400 g/mol. The standard InChI is InChI=1S/C27H36N2OS/c1-6-11-26(29(16-7-2)17-8-3)30-27-20(4)18-22(19-21(27)5)14-15-25-28-23-12-9-10-13-24(23)31-25/h9-10,12-15,18-19,26H,6-8,11,16-17H2,1-5H3/b15-14+. The summed E-state index contributed by atoms with van der Waals surface area (Å²) in [6.07, 6.45) is 8.89. The van der Waals surface area contributed by atoms with Crippen molar-refractivity contribution in [2.24, 2.45) is 0 Å². The van der Waals surface area contributed by atoms with E-state index >= 15 is 0 Å². The van der Waals surface area contributed by atoms with E-state index in [0.29, 0.717) is 0 Å². The van der Waals surface area contributed by atoms with E-state index in [-0.39, 0.29) is 6.23 Å². The Kier molecular flexibility index (Phi) is 8.68. The minimum absolute atomic E-state index is 0.145. The minimum Gasteiger partial charge on any atom is -0.475 e. The van der Waals surface area contributed by atoms with Gasteiger partial charge in [-0.3, -0.25) is 4.90 Å². The predicted octanol–water partition coefficient (Wildman–Crippen LogP) is 7.71. The molecule has 3 rings (SSSR count). The number of aryl methyl sites for hydroxylation is 2. The molecule has 1 heterocycles. The summed E-state index contributed by atoms with van der Waals surface area (Å²) < 4.78 is 7.86. The quantitative estimate of drug-likeness (QED) is 0.288. The molecule has 31 heavy (non-hydrogen) atoms. The van der Waals surface area contributed by atoms with E-state index in [9.17, 15) is 0 Å². The monoisotopic (exact) mass is 436 g/mol. The molecule has 3 aromatic rings. The molecule has 0 bridgehead atoms. The second kappa shape index (κ2) is 11.4. The molecule has 3 nitrogen and oxygen atoms in total. The van der Waals surface area contributed by atoms with Crippen LogP contribution in [0.4, 0.5) is 0 Å². The van der Waals surface area contributed by atoms with Crippen molar-refractivity contribution >= 4 is 33.7 Å². The highest BCUT2D eigenvalue weighted by molar-refractivity contribution is 7.19. The molecule has 0 aliphatic heterocycles. The van der Waals surface area contributed by atoms with E-state index in [0.717, 1.165) is 55.0 Å². The van der Waals surface area contributed by atoms with E-state index in [1.807, 2.05) is 6.07 Å². The van der Waals surface area contributed by atoms with Crippen LogP contribution in [0.15, 0.2) is 36.4 Å². The zero-order valence-electron chi connectivity index (χ0n) is 19.6. The number of nitrogens with zero attached hydrogens (tertiary/aromatic N) is 2. The molecule has 1 aromatic heterocycles. The van der Waals surface area contributed by atoms with E-state index < -0.39 is 0 Å². The molecule has 1 atom stereocenters. The third-order valence-corrected chi connectivity index (χ3v) is 6.43. The lowest BCUT2D eigenvalue weighted by Gasteiger charge is -2.32. The van der Waals surface area contributed by atoms with Crippen LogP contribution in [-0.2, 0) is 0 Å². The number of hydrogen-bond acceptors (Lipinski definition) is 4. The van der Waals surface area contributed by atoms with Gasteiger partial charge >= 0.3 is 0 Å². The molecular formula is C27H36N2OS. The molecule has 166 valence electrons. The van der Waals surface area contributed by atoms with E-state index in [1.54, 1.807) is 11.3 Å². The van der Waals surface area contributed by atoms with Gasteiger partial charge in [-0.25, -0.2) is 4.98 Å². The second-order valence-corrected chi connectivity index (χ2v) is 9.30. The van der Waals surface area contributed by atoms with Crippen LogP contribution in [-0.4, -0.2) is 29.2 Å². The Morgan fingerprint density at radius 2 is 1.65 bits per heavy atom. The number of fused-ring (bicyclic) bond motifs is 1. The first-order valence-electron chi connectivity index (χ1n) is 11.6. The van der Waals surface area contributed by atoms with Gasteiger partial charge in [-0.15, -0.1) is 11.3 Å². The molecule has 0 fully saturated rings. The normalized spacial score (nSPS) is 12.8. The Hall–Kier alpha value is -2.17. The van der Waals surface area contributed by atoms with Crippen LogP contribution in [0, 0.1) is 13.8 Å². The lowest BCUT2D eigenvalue weighted by molar-refractivity contribution is 0.0170. The first-order valence-corrected chi connectivity index (χ1v) is 12.4. The molecule has 0 spiro atoms. The summed E-state index contributed by atoms with van der Waals surface area (Å²) in [4.78, 5) is 7.21. The van der Waals surface area contributed by atoms with Crippen molar-refractivity contribution in [2.75, 3.05) is 13.1 Å². The topological polar surface area (TPSA) is 25.4 Å². The zero-order chi connectivity index (χ0) is 22.2. The fraction of sp³-hybridized carbons (Fsp3) is 0.444. The van der Waals surface area contributed by atoms with E-state index in [2.05, 4.69) is 82.0 Å². The summed E-state index contributed by atoms with van der Waals surface area (Å²) in [6, 6.07) is 12.7. The van der Waals surface area contributed by atoms with Crippen LogP contribution in [0.25, 0.3) is 22.4 Å². The van der Waals surface area contributed by atoms with Crippen LogP contribution >= 0.6 is 11.3 Å². The molecule has 0 saturated heterocycles. The largest absolute Gasteiger partial charge is 0.475 e. The fourth-order valence-corrected chi connectivity index (χ4v) is 4.94. The third kappa shape index (κ3) is 6.18.